The van der Waals surface area contributed by atoms with Gasteiger partial charge in [-0.25, -0.2) is 13.2 Å². The second-order valence-electron chi connectivity index (χ2n) is 13.4. The molecular weight excluding hydrogens is 737 g/mol. The van der Waals surface area contributed by atoms with E-state index in [1.54, 1.807) is 31.0 Å². The Kier molecular flexibility index (Phi) is 21.6. The lowest BCUT2D eigenvalue weighted by Gasteiger charge is -2.25. The molecule has 1 aliphatic heterocycles. The van der Waals surface area contributed by atoms with E-state index in [9.17, 15) is 23.1 Å². The van der Waals surface area contributed by atoms with Crippen LogP contribution >= 0.6 is 23.5 Å². The molecule has 1 aliphatic carbocycles. The zero-order valence-corrected chi connectivity index (χ0v) is 35.5. The fourth-order valence-corrected chi connectivity index (χ4v) is 7.94. The number of methoxy groups -OCH3 is 1. The Balaban J connectivity index is 0.000000801. The average Bonchev–Trinajstić information content (AvgIpc) is 3.37. The fraction of sp³-hybridized carbons (Fsp3) is 0.442. The first-order chi connectivity index (χ1) is 25.8. The number of nitrogens with zero attached hydrogens (tertiary/aromatic N) is 1. The van der Waals surface area contributed by atoms with Crippen molar-refractivity contribution < 1.29 is 27.9 Å². The van der Waals surface area contributed by atoms with Gasteiger partial charge in [0.15, 0.2) is 0 Å². The van der Waals surface area contributed by atoms with Crippen LogP contribution in [0.4, 0.5) is 0 Å². The maximum absolute atomic E-state index is 13.6. The van der Waals surface area contributed by atoms with Gasteiger partial charge in [0.1, 0.15) is 15.9 Å². The lowest BCUT2D eigenvalue weighted by molar-refractivity contribution is -0.141. The van der Waals surface area contributed by atoms with Gasteiger partial charge in [-0.15, -0.1) is 23.5 Å². The molecule has 2 aromatic carbocycles. The van der Waals surface area contributed by atoms with Crippen molar-refractivity contribution in [1.82, 2.24) is 10.2 Å². The number of unbranched alkanes of at least 4 members (excludes halogenated alkanes) is 1. The third-order valence-electron chi connectivity index (χ3n) is 8.84. The number of thioether (sulfide) groups is 2. The van der Waals surface area contributed by atoms with Crippen molar-refractivity contribution in [2.45, 2.75) is 82.0 Å². The molecule has 2 aromatic rings. The molecule has 4 rings (SSSR count). The van der Waals surface area contributed by atoms with Crippen molar-refractivity contribution in [2.24, 2.45) is 0 Å². The molecule has 11 heteroatoms. The molecule has 1 amide bonds. The van der Waals surface area contributed by atoms with E-state index in [1.807, 2.05) is 61.2 Å². The molecule has 3 atom stereocenters. The van der Waals surface area contributed by atoms with Crippen LogP contribution in [0.1, 0.15) is 64.0 Å². The van der Waals surface area contributed by atoms with Gasteiger partial charge in [0.25, 0.3) is 5.91 Å². The highest BCUT2D eigenvalue weighted by atomic mass is 32.2. The predicted molar refractivity (Wildman–Crippen MR) is 230 cm³/mol. The molecule has 0 aromatic heterocycles. The highest BCUT2D eigenvalue weighted by Gasteiger charge is 2.33. The maximum atomic E-state index is 13.6. The molecule has 0 spiro atoms. The highest BCUT2D eigenvalue weighted by Crippen LogP contribution is 2.35. The monoisotopic (exact) mass is 796 g/mol. The minimum absolute atomic E-state index is 0.213. The van der Waals surface area contributed by atoms with Gasteiger partial charge in [-0.05, 0) is 73.1 Å². The molecule has 1 saturated heterocycles. The van der Waals surface area contributed by atoms with E-state index < -0.39 is 27.8 Å². The molecule has 3 unspecified atom stereocenters. The molecule has 54 heavy (non-hydrogen) atoms. The third kappa shape index (κ3) is 17.0. The third-order valence-corrected chi connectivity index (χ3v) is 11.8. The van der Waals surface area contributed by atoms with Crippen LogP contribution in [0.2, 0.25) is 0 Å². The summed E-state index contributed by atoms with van der Waals surface area (Å²) in [5.41, 5.74) is 4.06. The minimum Gasteiger partial charge on any atom is -0.480 e. The van der Waals surface area contributed by atoms with Crippen LogP contribution in [0.15, 0.2) is 113 Å². The number of amides is 1. The van der Waals surface area contributed by atoms with Gasteiger partial charge in [-0.2, -0.15) is 0 Å². The van der Waals surface area contributed by atoms with Gasteiger partial charge in [0, 0.05) is 48.2 Å². The summed E-state index contributed by atoms with van der Waals surface area (Å²) in [6, 6.07) is 17.1. The molecule has 1 heterocycles. The van der Waals surface area contributed by atoms with E-state index in [-0.39, 0.29) is 18.2 Å². The number of carbonyl (C=O) groups excluding carboxylic acids is 1. The van der Waals surface area contributed by atoms with Gasteiger partial charge in [0.05, 0.1) is 12.4 Å². The number of carboxylic acids is 1. The van der Waals surface area contributed by atoms with Crippen LogP contribution in [0, 0.1) is 6.92 Å². The van der Waals surface area contributed by atoms with Crippen molar-refractivity contribution in [1.29, 1.82) is 0 Å². The number of sulfone groups is 1. The molecule has 8 nitrogen and oxygen atoms in total. The Morgan fingerprint density at radius 1 is 1.11 bits per heavy atom. The summed E-state index contributed by atoms with van der Waals surface area (Å²) in [4.78, 5) is 30.5. The smallest absolute Gasteiger partial charge is 0.326 e. The first-order valence-electron chi connectivity index (χ1n) is 18.4. The Hall–Kier alpha value is -3.35. The normalized spacial score (nSPS) is 18.0. The summed E-state index contributed by atoms with van der Waals surface area (Å²) in [6.07, 6.45) is 16.7. The Morgan fingerprint density at radius 2 is 1.78 bits per heavy atom. The lowest BCUT2D eigenvalue weighted by Crippen LogP contribution is -2.42. The summed E-state index contributed by atoms with van der Waals surface area (Å²) >= 11 is 3.63. The largest absolute Gasteiger partial charge is 0.480 e. The summed E-state index contributed by atoms with van der Waals surface area (Å²) in [5.74, 6) is -2.16. The van der Waals surface area contributed by atoms with Gasteiger partial charge in [-0.1, -0.05) is 112 Å². The molecule has 2 N–H and O–H groups in total. The van der Waals surface area contributed by atoms with Gasteiger partial charge in [0.2, 0.25) is 0 Å². The molecule has 2 aliphatic rings. The van der Waals surface area contributed by atoms with E-state index in [0.717, 1.165) is 35.9 Å². The van der Waals surface area contributed by atoms with Crippen LogP contribution < -0.4 is 5.32 Å². The number of aryl methyl sites for hydroxylation is 1. The quantitative estimate of drug-likeness (QED) is 0.161. The van der Waals surface area contributed by atoms with E-state index in [2.05, 4.69) is 74.2 Å². The first-order valence-corrected chi connectivity index (χ1v) is 22.6. The molecule has 296 valence electrons. The topological polar surface area (TPSA) is 113 Å². The van der Waals surface area contributed by atoms with Gasteiger partial charge >= 0.3 is 5.97 Å². The summed E-state index contributed by atoms with van der Waals surface area (Å²) in [6.45, 7) is 14.2. The Morgan fingerprint density at radius 3 is 2.33 bits per heavy atom. The zero-order valence-electron chi connectivity index (χ0n) is 33.0. The number of benzene rings is 2. The molecule has 0 radical (unpaired) electrons. The number of rotatable bonds is 16. The number of carboxylic acid groups (broad SMARTS) is 1. The van der Waals surface area contributed by atoms with Crippen molar-refractivity contribution in [3.63, 3.8) is 0 Å². The number of hydrogen-bond donors (Lipinski definition) is 2. The average molecular weight is 797 g/mol. The fourth-order valence-electron chi connectivity index (χ4n) is 5.76. The molecular formula is C43H60N2O6S3. The van der Waals surface area contributed by atoms with E-state index in [4.69, 9.17) is 4.74 Å². The maximum Gasteiger partial charge on any atom is 0.326 e. The van der Waals surface area contributed by atoms with Crippen LogP contribution in [-0.2, 0) is 24.2 Å². The Bertz CT molecular complexity index is 1730. The second kappa shape index (κ2) is 24.9. The summed E-state index contributed by atoms with van der Waals surface area (Å²) in [7, 11) is -1.66. The van der Waals surface area contributed by atoms with Crippen LogP contribution in [-0.4, -0.2) is 92.7 Å². The number of allylic oxidation sites excluding steroid dienone is 6. The van der Waals surface area contributed by atoms with Crippen LogP contribution in [0.5, 0.6) is 0 Å². The van der Waals surface area contributed by atoms with E-state index in [0.29, 0.717) is 36.0 Å². The SMILES string of the molecule is C=C/C=C(\C)SC.CCCC.COCC1CC(Sc2ccccc2)CN1CC1=CC(c2ccccc2C)=C(C(=O)NC(CCS(C)(=O)=O)C(=O)O)C=CC1. The van der Waals surface area contributed by atoms with Crippen LogP contribution in [0.3, 0.4) is 0 Å². The van der Waals surface area contributed by atoms with E-state index >= 15 is 0 Å². The number of nitrogens with one attached hydrogen (secondary N) is 1. The number of hydrogen-bond acceptors (Lipinski definition) is 8. The first kappa shape index (κ1) is 46.8. The minimum atomic E-state index is -3.39. The standard InChI is InChI=1S/C33H40N2O6S2.C6H10S.C4H10/c1-23-10-7-8-14-28(23)30-18-24(11-9-15-29(30)32(36)34-31(33(37)38)16-17-43(3,39)40)20-35-21-27(19-25(35)22-41-2)42-26-12-5-4-6-13-26;1-4-5-6(2)7-3;1-3-4-2/h4-10,12-15,18,25,27,31H,11,16-17,19-22H2,1-3H3,(H,34,36)(H,37,38);4-5H,1H2,2-3H3;3-4H2,1-2H3/b;6-5+;. The van der Waals surface area contributed by atoms with Crippen molar-refractivity contribution in [3.8, 4) is 0 Å². The molecule has 1 fully saturated rings. The van der Waals surface area contributed by atoms with Crippen LogP contribution in [0.25, 0.3) is 5.57 Å². The number of carbonyl (C=O) groups is 2. The number of ether oxygens (including phenoxy) is 1. The molecule has 0 bridgehead atoms. The number of likely N-dealkylation sites (tertiary alicyclic amines) is 1. The van der Waals surface area contributed by atoms with E-state index in [1.165, 1.54) is 22.6 Å². The van der Waals surface area contributed by atoms with Crippen molar-refractivity contribution >= 4 is 50.8 Å². The predicted octanol–water partition coefficient (Wildman–Crippen LogP) is 8.77. The second-order valence-corrected chi connectivity index (χ2v) is 18.1. The number of aliphatic carboxylic acids is 1. The Labute approximate surface area is 333 Å². The van der Waals surface area contributed by atoms with Crippen molar-refractivity contribution in [2.75, 3.05) is 45.1 Å². The summed E-state index contributed by atoms with van der Waals surface area (Å²) in [5, 5.41) is 12.7. The lowest BCUT2D eigenvalue weighted by atomic mass is 9.94. The van der Waals surface area contributed by atoms with Crippen molar-refractivity contribution in [3.05, 3.63) is 119 Å². The van der Waals surface area contributed by atoms with Gasteiger partial charge < -0.3 is 15.2 Å². The molecule has 0 saturated carbocycles. The summed E-state index contributed by atoms with van der Waals surface area (Å²) < 4.78 is 28.9. The van der Waals surface area contributed by atoms with Gasteiger partial charge in [-0.3, -0.25) is 9.69 Å². The highest BCUT2D eigenvalue weighted by molar-refractivity contribution is 8.02. The zero-order chi connectivity index (χ0) is 40.1.